The summed E-state index contributed by atoms with van der Waals surface area (Å²) in [5, 5.41) is 3.17. The minimum absolute atomic E-state index is 0.0279. The Bertz CT molecular complexity index is 1580. The van der Waals surface area contributed by atoms with E-state index in [0.29, 0.717) is 22.9 Å². The first kappa shape index (κ1) is 26.7. The summed E-state index contributed by atoms with van der Waals surface area (Å²) in [6.45, 7) is 5.16. The molecule has 1 aliphatic rings. The van der Waals surface area contributed by atoms with Crippen molar-refractivity contribution in [2.24, 2.45) is 0 Å². The smallest absolute Gasteiger partial charge is 0.251 e. The zero-order valence-electron chi connectivity index (χ0n) is 22.4. The van der Waals surface area contributed by atoms with Gasteiger partial charge in [0, 0.05) is 47.9 Å². The molecule has 4 aromatic rings. The highest BCUT2D eigenvalue weighted by molar-refractivity contribution is 5.85. The molecule has 0 amide bonds. The topological polar surface area (TPSA) is 66.3 Å². The number of pyridine rings is 1. The van der Waals surface area contributed by atoms with Gasteiger partial charge in [-0.15, -0.1) is 0 Å². The molecule has 0 atom stereocenters. The number of nitrogens with one attached hydrogen (secondary N) is 1. The first-order valence-electron chi connectivity index (χ1n) is 13.0. The van der Waals surface area contributed by atoms with E-state index in [-0.39, 0.29) is 40.0 Å². The molecule has 0 aliphatic carbocycles. The number of benzene rings is 2. The van der Waals surface area contributed by atoms with Gasteiger partial charge < -0.3 is 19.7 Å². The maximum atomic E-state index is 15.1. The van der Waals surface area contributed by atoms with E-state index in [1.807, 2.05) is 18.7 Å². The Morgan fingerprint density at radius 3 is 2.38 bits per heavy atom. The van der Waals surface area contributed by atoms with Crippen LogP contribution in [0, 0.1) is 17.5 Å². The molecule has 0 spiro atoms. The van der Waals surface area contributed by atoms with Crippen LogP contribution in [0.3, 0.4) is 0 Å². The van der Waals surface area contributed by atoms with Crippen molar-refractivity contribution in [3.8, 4) is 11.3 Å². The number of halogens is 3. The lowest BCUT2D eigenvalue weighted by molar-refractivity contribution is 0.249. The van der Waals surface area contributed by atoms with Crippen molar-refractivity contribution in [2.45, 2.75) is 38.8 Å². The third-order valence-corrected chi connectivity index (χ3v) is 7.27. The minimum atomic E-state index is -0.753. The van der Waals surface area contributed by atoms with Crippen molar-refractivity contribution in [1.82, 2.24) is 19.4 Å². The largest absolute Gasteiger partial charge is 0.369 e. The number of hydrogen-bond donors (Lipinski definition) is 1. The average Bonchev–Trinajstić information content (AvgIpc) is 2.89. The van der Waals surface area contributed by atoms with Crippen molar-refractivity contribution in [1.29, 1.82) is 0 Å². The third kappa shape index (κ3) is 5.34. The van der Waals surface area contributed by atoms with Gasteiger partial charge in [0.1, 0.15) is 17.3 Å². The number of nitrogens with zero attached hydrogens (tertiary/aromatic N) is 5. The molecule has 0 radical (unpaired) electrons. The van der Waals surface area contributed by atoms with Gasteiger partial charge in [0.05, 0.1) is 17.4 Å². The number of rotatable bonds is 6. The summed E-state index contributed by atoms with van der Waals surface area (Å²) in [4.78, 5) is 24.9. The molecule has 2 aromatic heterocycles. The van der Waals surface area contributed by atoms with E-state index in [0.717, 1.165) is 32.1 Å². The normalized spacial score (nSPS) is 14.5. The molecular weight excluding hydrogens is 505 g/mol. The van der Waals surface area contributed by atoms with Crippen molar-refractivity contribution in [3.05, 3.63) is 76.5 Å². The van der Waals surface area contributed by atoms with E-state index < -0.39 is 11.6 Å². The lowest BCUT2D eigenvalue weighted by atomic mass is 10.0. The Hall–Kier alpha value is -3.92. The highest BCUT2D eigenvalue weighted by Crippen LogP contribution is 2.30. The van der Waals surface area contributed by atoms with E-state index in [2.05, 4.69) is 34.3 Å². The summed E-state index contributed by atoms with van der Waals surface area (Å²) in [5.74, 6) is -1.71. The molecule has 1 N–H and O–H groups in total. The summed E-state index contributed by atoms with van der Waals surface area (Å²) >= 11 is 0. The minimum Gasteiger partial charge on any atom is -0.369 e. The highest BCUT2D eigenvalue weighted by atomic mass is 19.1. The van der Waals surface area contributed by atoms with Gasteiger partial charge in [-0.05, 0) is 77.2 Å². The van der Waals surface area contributed by atoms with Crippen molar-refractivity contribution < 1.29 is 13.2 Å². The molecule has 2 aromatic carbocycles. The van der Waals surface area contributed by atoms with E-state index in [1.165, 1.54) is 28.8 Å². The molecule has 204 valence electrons. The Balaban J connectivity index is 1.43. The van der Waals surface area contributed by atoms with Crippen LogP contribution in [0.1, 0.15) is 32.7 Å². The molecule has 5 rings (SSSR count). The standard InChI is InChI=1S/C29H31F3N6O/c1-17(2)38-26-14-18(13-22(30)21(26)6-8-27(38)39)28-24(32)16-33-29(35-28)34-19-5-7-25(23(31)15-19)37-11-9-20(10-12-37)36(3)4/h5-8,13-17,20H,9-12H2,1-4H3,(H,33,34,35). The lowest BCUT2D eigenvalue weighted by Crippen LogP contribution is -2.42. The van der Waals surface area contributed by atoms with Gasteiger partial charge in [0.25, 0.3) is 5.56 Å². The van der Waals surface area contributed by atoms with Gasteiger partial charge in [-0.2, -0.15) is 0 Å². The van der Waals surface area contributed by atoms with Crippen molar-refractivity contribution >= 4 is 28.2 Å². The molecule has 1 fully saturated rings. The van der Waals surface area contributed by atoms with Crippen molar-refractivity contribution in [3.63, 3.8) is 0 Å². The molecule has 1 aliphatic heterocycles. The summed E-state index contributed by atoms with van der Waals surface area (Å²) in [6, 6.07) is 10.5. The van der Waals surface area contributed by atoms with Crippen LogP contribution < -0.4 is 15.8 Å². The van der Waals surface area contributed by atoms with Gasteiger partial charge in [-0.1, -0.05) is 0 Å². The molecule has 3 heterocycles. The number of piperidine rings is 1. The van der Waals surface area contributed by atoms with E-state index in [9.17, 15) is 9.18 Å². The second-order valence-corrected chi connectivity index (χ2v) is 10.4. The fourth-order valence-corrected chi connectivity index (χ4v) is 5.21. The van der Waals surface area contributed by atoms with Crippen LogP contribution in [-0.2, 0) is 0 Å². The number of anilines is 3. The predicted molar refractivity (Wildman–Crippen MR) is 148 cm³/mol. The Kier molecular flexibility index (Phi) is 7.31. The zero-order valence-corrected chi connectivity index (χ0v) is 22.4. The third-order valence-electron chi connectivity index (χ3n) is 7.27. The van der Waals surface area contributed by atoms with Crippen molar-refractivity contribution in [2.75, 3.05) is 37.4 Å². The molecule has 1 saturated heterocycles. The van der Waals surface area contributed by atoms with Gasteiger partial charge in [-0.3, -0.25) is 4.79 Å². The van der Waals surface area contributed by atoms with Crippen LogP contribution in [-0.4, -0.2) is 52.7 Å². The van der Waals surface area contributed by atoms with Gasteiger partial charge >= 0.3 is 0 Å². The lowest BCUT2D eigenvalue weighted by Gasteiger charge is -2.36. The Labute approximate surface area is 224 Å². The van der Waals surface area contributed by atoms with E-state index in [4.69, 9.17) is 0 Å². The van der Waals surface area contributed by atoms with Crippen LogP contribution in [0.4, 0.5) is 30.5 Å². The summed E-state index contributed by atoms with van der Waals surface area (Å²) in [5.41, 5.74) is 1.00. The maximum absolute atomic E-state index is 15.1. The van der Waals surface area contributed by atoms with Crippen LogP contribution in [0.25, 0.3) is 22.2 Å². The Morgan fingerprint density at radius 2 is 1.72 bits per heavy atom. The summed E-state index contributed by atoms with van der Waals surface area (Å²) in [6.07, 6.45) is 2.90. The second kappa shape index (κ2) is 10.7. The molecule has 39 heavy (non-hydrogen) atoms. The first-order chi connectivity index (χ1) is 18.6. The molecule has 7 nitrogen and oxygen atoms in total. The summed E-state index contributed by atoms with van der Waals surface area (Å²) < 4.78 is 46.4. The van der Waals surface area contributed by atoms with E-state index >= 15 is 8.78 Å². The quantitative estimate of drug-likeness (QED) is 0.340. The summed E-state index contributed by atoms with van der Waals surface area (Å²) in [7, 11) is 4.12. The van der Waals surface area contributed by atoms with Crippen LogP contribution in [0.5, 0.6) is 0 Å². The monoisotopic (exact) mass is 536 g/mol. The van der Waals surface area contributed by atoms with Crippen LogP contribution >= 0.6 is 0 Å². The van der Waals surface area contributed by atoms with Crippen LogP contribution in [0.2, 0.25) is 0 Å². The Morgan fingerprint density at radius 1 is 0.974 bits per heavy atom. The van der Waals surface area contributed by atoms with Gasteiger partial charge in [0.2, 0.25) is 5.95 Å². The molecule has 0 bridgehead atoms. The SMILES string of the molecule is CC(C)n1c(=O)ccc2c(F)cc(-c3nc(Nc4ccc(N5CCC(N(C)C)CC5)c(F)c4)ncc3F)cc21. The molecule has 0 saturated carbocycles. The van der Waals surface area contributed by atoms with Gasteiger partial charge in [0.15, 0.2) is 5.82 Å². The fraction of sp³-hybridized carbons (Fsp3) is 0.345. The van der Waals surface area contributed by atoms with Crippen LogP contribution in [0.15, 0.2) is 53.5 Å². The predicted octanol–water partition coefficient (Wildman–Crippen LogP) is 5.73. The zero-order chi connectivity index (χ0) is 27.8. The fourth-order valence-electron chi connectivity index (χ4n) is 5.21. The van der Waals surface area contributed by atoms with E-state index in [1.54, 1.807) is 18.2 Å². The highest BCUT2D eigenvalue weighted by Gasteiger charge is 2.23. The molecule has 10 heteroatoms. The number of hydrogen-bond acceptors (Lipinski definition) is 6. The average molecular weight is 537 g/mol. The molecule has 0 unspecified atom stereocenters. The molecular formula is C29H31F3N6O. The first-order valence-corrected chi connectivity index (χ1v) is 13.0. The second-order valence-electron chi connectivity index (χ2n) is 10.4. The maximum Gasteiger partial charge on any atom is 0.251 e. The van der Waals surface area contributed by atoms with Gasteiger partial charge in [-0.25, -0.2) is 23.1 Å². The number of fused-ring (bicyclic) bond motifs is 1. The number of aromatic nitrogens is 3.